The van der Waals surface area contributed by atoms with Crippen LogP contribution in [0.15, 0.2) is 40.1 Å². The van der Waals surface area contributed by atoms with Crippen LogP contribution in [-0.4, -0.2) is 38.5 Å². The molecule has 0 unspecified atom stereocenters. The van der Waals surface area contributed by atoms with Crippen molar-refractivity contribution in [3.8, 4) is 5.69 Å². The van der Waals surface area contributed by atoms with Gasteiger partial charge in [-0.25, -0.2) is 9.59 Å². The van der Waals surface area contributed by atoms with E-state index in [1.54, 1.807) is 31.2 Å². The van der Waals surface area contributed by atoms with Crippen molar-refractivity contribution in [1.82, 2.24) is 9.13 Å². The van der Waals surface area contributed by atoms with Gasteiger partial charge in [0.15, 0.2) is 0 Å². The highest BCUT2D eigenvalue weighted by Crippen LogP contribution is 2.12. The molecule has 0 saturated carbocycles. The second kappa shape index (κ2) is 6.93. The second-order valence-electron chi connectivity index (χ2n) is 4.75. The minimum absolute atomic E-state index is 0.00928. The highest BCUT2D eigenvalue weighted by Gasteiger charge is 2.16. The Kier molecular flexibility index (Phi) is 4.97. The van der Waals surface area contributed by atoms with Crippen LogP contribution in [0.5, 0.6) is 0 Å². The molecule has 0 amide bonds. The quantitative estimate of drug-likeness (QED) is 0.697. The molecule has 0 bridgehead atoms. The maximum atomic E-state index is 12.3. The van der Waals surface area contributed by atoms with Crippen LogP contribution < -0.4 is 16.6 Å². The lowest BCUT2D eigenvalue weighted by Crippen LogP contribution is -2.41. The molecule has 2 aromatic rings. The maximum absolute atomic E-state index is 12.3. The van der Waals surface area contributed by atoms with Gasteiger partial charge in [-0.1, -0.05) is 0 Å². The third-order valence-corrected chi connectivity index (χ3v) is 3.30. The Labute approximate surface area is 131 Å². The average Bonchev–Trinajstić information content (AvgIpc) is 2.54. The zero-order valence-electron chi connectivity index (χ0n) is 12.5. The van der Waals surface area contributed by atoms with Crippen molar-refractivity contribution in [2.24, 2.45) is 0 Å². The van der Waals surface area contributed by atoms with Gasteiger partial charge in [0.1, 0.15) is 5.56 Å². The van der Waals surface area contributed by atoms with Gasteiger partial charge in [-0.15, -0.1) is 0 Å². The van der Waals surface area contributed by atoms with Crippen LogP contribution in [0.3, 0.4) is 0 Å². The number of benzene rings is 1. The number of carboxylic acids is 1. The van der Waals surface area contributed by atoms with Crippen LogP contribution in [0.25, 0.3) is 5.69 Å². The molecule has 1 aromatic heterocycles. The van der Waals surface area contributed by atoms with Gasteiger partial charge >= 0.3 is 11.7 Å². The van der Waals surface area contributed by atoms with E-state index in [2.05, 4.69) is 5.32 Å². The molecule has 0 radical (unpaired) electrons. The molecule has 23 heavy (non-hydrogen) atoms. The minimum Gasteiger partial charge on any atom is -0.477 e. The molecule has 2 rings (SSSR count). The topological polar surface area (TPSA) is 114 Å². The number of aliphatic hydroxyl groups is 1. The molecule has 8 nitrogen and oxygen atoms in total. The van der Waals surface area contributed by atoms with E-state index in [1.165, 1.54) is 0 Å². The first-order chi connectivity index (χ1) is 11.0. The van der Waals surface area contributed by atoms with Crippen LogP contribution in [0.1, 0.15) is 17.3 Å². The van der Waals surface area contributed by atoms with Crippen LogP contribution in [0.2, 0.25) is 0 Å². The Hall–Kier alpha value is -2.87. The van der Waals surface area contributed by atoms with Gasteiger partial charge in [0.25, 0.3) is 5.56 Å². The van der Waals surface area contributed by atoms with E-state index < -0.39 is 22.8 Å². The lowest BCUT2D eigenvalue weighted by atomic mass is 10.2. The molecular weight excluding hydrogens is 302 g/mol. The summed E-state index contributed by atoms with van der Waals surface area (Å²) in [6, 6.07) is 6.63. The number of hydrogen-bond acceptors (Lipinski definition) is 5. The third-order valence-electron chi connectivity index (χ3n) is 3.30. The Bertz CT molecular complexity index is 820. The smallest absolute Gasteiger partial charge is 0.342 e. The summed E-state index contributed by atoms with van der Waals surface area (Å²) in [5.74, 6) is -1.38. The highest BCUT2D eigenvalue weighted by molar-refractivity contribution is 5.86. The molecular formula is C15H17N3O5. The van der Waals surface area contributed by atoms with E-state index >= 15 is 0 Å². The molecule has 0 spiro atoms. The zero-order valence-corrected chi connectivity index (χ0v) is 12.5. The van der Waals surface area contributed by atoms with Crippen molar-refractivity contribution in [2.45, 2.75) is 13.5 Å². The predicted molar refractivity (Wildman–Crippen MR) is 84.5 cm³/mol. The Morgan fingerprint density at radius 3 is 2.39 bits per heavy atom. The first-order valence-corrected chi connectivity index (χ1v) is 7.04. The van der Waals surface area contributed by atoms with Crippen molar-refractivity contribution >= 4 is 11.7 Å². The molecule has 0 fully saturated rings. The summed E-state index contributed by atoms with van der Waals surface area (Å²) in [6.45, 7) is 2.06. The second-order valence-corrected chi connectivity index (χ2v) is 4.75. The molecule has 122 valence electrons. The van der Waals surface area contributed by atoms with Crippen molar-refractivity contribution in [3.05, 3.63) is 56.9 Å². The monoisotopic (exact) mass is 319 g/mol. The van der Waals surface area contributed by atoms with Crippen LogP contribution in [0, 0.1) is 0 Å². The van der Waals surface area contributed by atoms with E-state index in [4.69, 9.17) is 10.2 Å². The first-order valence-electron chi connectivity index (χ1n) is 7.04. The Morgan fingerprint density at radius 1 is 1.22 bits per heavy atom. The number of nitrogens with zero attached hydrogens (tertiary/aromatic N) is 2. The number of carbonyl (C=O) groups is 1. The number of hydrogen-bond donors (Lipinski definition) is 3. The van der Waals surface area contributed by atoms with Gasteiger partial charge in [-0.2, -0.15) is 0 Å². The molecule has 0 saturated heterocycles. The number of anilines is 1. The van der Waals surface area contributed by atoms with Gasteiger partial charge in [0.05, 0.1) is 12.3 Å². The van der Waals surface area contributed by atoms with Gasteiger partial charge < -0.3 is 15.5 Å². The van der Waals surface area contributed by atoms with Gasteiger partial charge in [0, 0.05) is 25.0 Å². The van der Waals surface area contributed by atoms with Crippen LogP contribution >= 0.6 is 0 Å². The van der Waals surface area contributed by atoms with Crippen molar-refractivity contribution in [2.75, 3.05) is 18.5 Å². The first kappa shape index (κ1) is 16.5. The number of rotatable bonds is 6. The van der Waals surface area contributed by atoms with Crippen molar-refractivity contribution in [3.63, 3.8) is 0 Å². The fourth-order valence-corrected chi connectivity index (χ4v) is 2.15. The lowest BCUT2D eigenvalue weighted by Gasteiger charge is -2.11. The Balaban J connectivity index is 2.55. The van der Waals surface area contributed by atoms with E-state index in [-0.39, 0.29) is 13.2 Å². The van der Waals surface area contributed by atoms with Gasteiger partial charge in [-0.05, 0) is 31.2 Å². The molecule has 1 heterocycles. The summed E-state index contributed by atoms with van der Waals surface area (Å²) >= 11 is 0. The van der Waals surface area contributed by atoms with Crippen molar-refractivity contribution in [1.29, 1.82) is 0 Å². The predicted octanol–water partition coefficient (Wildman–Crippen LogP) is 0.121. The van der Waals surface area contributed by atoms with E-state index in [9.17, 15) is 14.4 Å². The molecule has 0 atom stereocenters. The summed E-state index contributed by atoms with van der Waals surface area (Å²) in [6.07, 6.45) is 1.04. The molecule has 0 aliphatic carbocycles. The van der Waals surface area contributed by atoms with E-state index in [1.807, 2.05) is 0 Å². The lowest BCUT2D eigenvalue weighted by molar-refractivity contribution is 0.0693. The summed E-state index contributed by atoms with van der Waals surface area (Å²) in [5.41, 5.74) is -0.692. The van der Waals surface area contributed by atoms with Crippen LogP contribution in [-0.2, 0) is 6.54 Å². The summed E-state index contributed by atoms with van der Waals surface area (Å²) in [4.78, 5) is 35.5. The SMILES string of the molecule is CCn1c(=O)c(C(=O)O)cn(-c2ccc(NCCO)cc2)c1=O. The van der Waals surface area contributed by atoms with Gasteiger partial charge in [-0.3, -0.25) is 13.9 Å². The fraction of sp³-hybridized carbons (Fsp3) is 0.267. The number of aliphatic hydroxyl groups excluding tert-OH is 1. The highest BCUT2D eigenvalue weighted by atomic mass is 16.4. The zero-order chi connectivity index (χ0) is 17.0. The normalized spacial score (nSPS) is 10.5. The Morgan fingerprint density at radius 2 is 1.87 bits per heavy atom. The van der Waals surface area contributed by atoms with E-state index in [0.717, 1.165) is 21.0 Å². The number of aromatic carboxylic acids is 1. The number of nitrogens with one attached hydrogen (secondary N) is 1. The average molecular weight is 319 g/mol. The maximum Gasteiger partial charge on any atom is 0.342 e. The molecule has 0 aliphatic rings. The summed E-state index contributed by atoms with van der Waals surface area (Å²) in [5, 5.41) is 20.9. The molecule has 3 N–H and O–H groups in total. The third kappa shape index (κ3) is 3.32. The number of aromatic nitrogens is 2. The molecule has 8 heteroatoms. The summed E-state index contributed by atoms with van der Waals surface area (Å²) < 4.78 is 2.01. The van der Waals surface area contributed by atoms with Gasteiger partial charge in [0.2, 0.25) is 0 Å². The molecule has 1 aromatic carbocycles. The number of carboxylic acid groups (broad SMARTS) is 1. The van der Waals surface area contributed by atoms with E-state index in [0.29, 0.717) is 12.2 Å². The fourth-order valence-electron chi connectivity index (χ4n) is 2.15. The summed E-state index contributed by atoms with van der Waals surface area (Å²) in [7, 11) is 0. The standard InChI is InChI=1S/C15H17N3O5/c1-2-17-13(20)12(14(21)22)9-18(15(17)23)11-5-3-10(4-6-11)16-7-8-19/h3-6,9,16,19H,2,7-8H2,1H3,(H,21,22). The van der Waals surface area contributed by atoms with Crippen LogP contribution in [0.4, 0.5) is 5.69 Å². The largest absolute Gasteiger partial charge is 0.477 e. The van der Waals surface area contributed by atoms with Crippen molar-refractivity contribution < 1.29 is 15.0 Å². The molecule has 0 aliphatic heterocycles. The minimum atomic E-state index is -1.38.